The van der Waals surface area contributed by atoms with Crippen molar-refractivity contribution in [2.75, 3.05) is 48.0 Å². The first-order chi connectivity index (χ1) is 15.7. The van der Waals surface area contributed by atoms with Crippen LogP contribution >= 0.6 is 0 Å². The molecule has 5 rings (SSSR count). The summed E-state index contributed by atoms with van der Waals surface area (Å²) in [6, 6.07) is 10.0. The monoisotopic (exact) mass is 434 g/mol. The van der Waals surface area contributed by atoms with Gasteiger partial charge in [-0.1, -0.05) is 12.1 Å². The number of ketones is 1. The Hall–Kier alpha value is -3.46. The number of hydrogen-bond donors (Lipinski definition) is 1. The molecule has 2 saturated heterocycles. The topological polar surface area (TPSA) is 96.6 Å². The summed E-state index contributed by atoms with van der Waals surface area (Å²) in [7, 11) is 0. The summed E-state index contributed by atoms with van der Waals surface area (Å²) < 4.78 is 11.4. The van der Waals surface area contributed by atoms with Crippen molar-refractivity contribution >= 4 is 29.3 Å². The van der Waals surface area contributed by atoms with Gasteiger partial charge >= 0.3 is 0 Å². The number of ether oxygens (including phenoxy) is 1. The molecule has 2 aliphatic rings. The van der Waals surface area contributed by atoms with Gasteiger partial charge in [0, 0.05) is 43.5 Å². The predicted molar refractivity (Wildman–Crippen MR) is 121 cm³/mol. The summed E-state index contributed by atoms with van der Waals surface area (Å²) in [5.74, 6) is 2.29. The maximum absolute atomic E-state index is 12.1. The van der Waals surface area contributed by atoms with Crippen LogP contribution in [-0.2, 0) is 9.53 Å². The van der Waals surface area contributed by atoms with Crippen LogP contribution in [0.3, 0.4) is 0 Å². The van der Waals surface area contributed by atoms with Gasteiger partial charge in [-0.15, -0.1) is 0 Å². The third-order valence-electron chi connectivity index (χ3n) is 5.87. The van der Waals surface area contributed by atoms with Crippen LogP contribution in [0.15, 0.2) is 47.1 Å². The quantitative estimate of drug-likeness (QED) is 0.649. The second-order valence-electron chi connectivity index (χ2n) is 7.99. The van der Waals surface area contributed by atoms with E-state index in [1.807, 2.05) is 42.2 Å². The molecule has 2 fully saturated rings. The molecule has 2 aromatic heterocycles. The number of carbonyl (C=O) groups excluding carboxylic acids is 1. The SMILES string of the molecule is CC1C(=O)CCCN1c1ncc(-c2cccc(Nc3nccc(N4CCOCC4)n3)c2)o1. The Labute approximate surface area is 186 Å². The van der Waals surface area contributed by atoms with Crippen molar-refractivity contribution in [1.29, 1.82) is 0 Å². The van der Waals surface area contributed by atoms with Crippen LogP contribution in [0.25, 0.3) is 11.3 Å². The third-order valence-corrected chi connectivity index (χ3v) is 5.87. The fourth-order valence-electron chi connectivity index (χ4n) is 4.05. The molecule has 2 aliphatic heterocycles. The molecule has 0 spiro atoms. The molecule has 0 radical (unpaired) electrons. The summed E-state index contributed by atoms with van der Waals surface area (Å²) >= 11 is 0. The zero-order valence-electron chi connectivity index (χ0n) is 18.0. The molecule has 4 heterocycles. The average molecular weight is 435 g/mol. The second-order valence-corrected chi connectivity index (χ2v) is 7.99. The Morgan fingerprint density at radius 3 is 2.88 bits per heavy atom. The number of hydrogen-bond acceptors (Lipinski definition) is 9. The number of aromatic nitrogens is 3. The van der Waals surface area contributed by atoms with Gasteiger partial charge in [-0.2, -0.15) is 4.98 Å². The molecule has 1 unspecified atom stereocenters. The number of piperidine rings is 1. The molecule has 0 aliphatic carbocycles. The first-order valence-corrected chi connectivity index (χ1v) is 11.0. The highest BCUT2D eigenvalue weighted by atomic mass is 16.5. The normalized spacial score (nSPS) is 19.3. The number of carbonyl (C=O) groups is 1. The lowest BCUT2D eigenvalue weighted by atomic mass is 10.0. The Morgan fingerprint density at radius 1 is 1.12 bits per heavy atom. The molecule has 0 amide bonds. The zero-order chi connectivity index (χ0) is 21.9. The van der Waals surface area contributed by atoms with Crippen LogP contribution < -0.4 is 15.1 Å². The van der Waals surface area contributed by atoms with Crippen molar-refractivity contribution in [1.82, 2.24) is 15.0 Å². The molecular weight excluding hydrogens is 408 g/mol. The van der Waals surface area contributed by atoms with Crippen molar-refractivity contribution in [2.45, 2.75) is 25.8 Å². The van der Waals surface area contributed by atoms with Crippen LogP contribution in [0.2, 0.25) is 0 Å². The van der Waals surface area contributed by atoms with Gasteiger partial charge in [-0.25, -0.2) is 9.97 Å². The van der Waals surface area contributed by atoms with E-state index in [-0.39, 0.29) is 11.8 Å². The lowest BCUT2D eigenvalue weighted by Gasteiger charge is -2.30. The van der Waals surface area contributed by atoms with Crippen molar-refractivity contribution in [3.05, 3.63) is 42.7 Å². The number of nitrogens with zero attached hydrogens (tertiary/aromatic N) is 5. The van der Waals surface area contributed by atoms with Gasteiger partial charge < -0.3 is 24.3 Å². The molecule has 0 bridgehead atoms. The highest BCUT2D eigenvalue weighted by Crippen LogP contribution is 2.29. The van der Waals surface area contributed by atoms with E-state index in [1.165, 1.54) is 0 Å². The Balaban J connectivity index is 1.32. The van der Waals surface area contributed by atoms with Crippen LogP contribution in [0.5, 0.6) is 0 Å². The molecule has 1 N–H and O–H groups in total. The molecule has 9 heteroatoms. The lowest BCUT2D eigenvalue weighted by Crippen LogP contribution is -2.44. The molecule has 1 atom stereocenters. The van der Waals surface area contributed by atoms with Crippen LogP contribution in [0, 0.1) is 0 Å². The minimum Gasteiger partial charge on any atom is -0.423 e. The van der Waals surface area contributed by atoms with Gasteiger partial charge in [0.25, 0.3) is 6.01 Å². The molecule has 3 aromatic rings. The van der Waals surface area contributed by atoms with Gasteiger partial charge in [0.05, 0.1) is 25.5 Å². The van der Waals surface area contributed by atoms with E-state index in [1.54, 1.807) is 12.4 Å². The first-order valence-electron chi connectivity index (χ1n) is 11.0. The van der Waals surface area contributed by atoms with E-state index in [0.717, 1.165) is 43.1 Å². The van der Waals surface area contributed by atoms with Gasteiger partial charge in [-0.3, -0.25) is 4.79 Å². The standard InChI is InChI=1S/C23H26N6O3/c1-16-19(30)6-3-9-29(16)23-25-15-20(32-23)17-4-2-5-18(14-17)26-22-24-8-7-21(27-22)28-10-12-31-13-11-28/h2,4-5,7-8,14-16H,3,6,9-13H2,1H3,(H,24,26,27). The van der Waals surface area contributed by atoms with Crippen LogP contribution in [-0.4, -0.2) is 59.6 Å². The third kappa shape index (κ3) is 4.29. The minimum atomic E-state index is -0.209. The average Bonchev–Trinajstić information content (AvgIpc) is 3.32. The van der Waals surface area contributed by atoms with Crippen LogP contribution in [0.1, 0.15) is 19.8 Å². The van der Waals surface area contributed by atoms with E-state index in [9.17, 15) is 4.79 Å². The van der Waals surface area contributed by atoms with Gasteiger partial charge in [0.1, 0.15) is 5.82 Å². The number of anilines is 4. The van der Waals surface area contributed by atoms with E-state index < -0.39 is 0 Å². The van der Waals surface area contributed by atoms with E-state index in [4.69, 9.17) is 9.15 Å². The minimum absolute atomic E-state index is 0.209. The largest absolute Gasteiger partial charge is 0.423 e. The van der Waals surface area contributed by atoms with Gasteiger partial charge in [0.2, 0.25) is 5.95 Å². The smallest absolute Gasteiger partial charge is 0.298 e. The fraction of sp³-hybridized carbons (Fsp3) is 0.391. The number of rotatable bonds is 5. The van der Waals surface area contributed by atoms with Crippen LogP contribution in [0.4, 0.5) is 23.5 Å². The lowest BCUT2D eigenvalue weighted by molar-refractivity contribution is -0.121. The number of Topliss-reactive ketones (excluding diaryl/α,β-unsaturated/α-hetero) is 1. The zero-order valence-corrected chi connectivity index (χ0v) is 18.0. The van der Waals surface area contributed by atoms with E-state index in [2.05, 4.69) is 25.2 Å². The first kappa shape index (κ1) is 20.4. The molecule has 32 heavy (non-hydrogen) atoms. The molecule has 9 nitrogen and oxygen atoms in total. The number of benzene rings is 1. The summed E-state index contributed by atoms with van der Waals surface area (Å²) in [4.78, 5) is 29.6. The van der Waals surface area contributed by atoms with Gasteiger partial charge in [0.15, 0.2) is 11.5 Å². The van der Waals surface area contributed by atoms with Gasteiger partial charge in [-0.05, 0) is 31.5 Å². The predicted octanol–water partition coefficient (Wildman–Crippen LogP) is 3.27. The molecule has 166 valence electrons. The second kappa shape index (κ2) is 8.96. The Bertz CT molecular complexity index is 1090. The summed E-state index contributed by atoms with van der Waals surface area (Å²) in [6.07, 6.45) is 4.90. The number of nitrogens with one attached hydrogen (secondary N) is 1. The number of morpholine rings is 1. The maximum Gasteiger partial charge on any atom is 0.298 e. The van der Waals surface area contributed by atoms with E-state index >= 15 is 0 Å². The summed E-state index contributed by atoms with van der Waals surface area (Å²) in [5.41, 5.74) is 1.73. The maximum atomic E-state index is 12.1. The molecule has 1 aromatic carbocycles. The highest BCUT2D eigenvalue weighted by molar-refractivity contribution is 5.87. The van der Waals surface area contributed by atoms with E-state index in [0.29, 0.717) is 37.4 Å². The molecule has 0 saturated carbocycles. The van der Waals surface area contributed by atoms with Crippen molar-refractivity contribution in [3.63, 3.8) is 0 Å². The number of oxazole rings is 1. The summed E-state index contributed by atoms with van der Waals surface area (Å²) in [5, 5.41) is 3.28. The Kier molecular flexibility index (Phi) is 5.72. The highest BCUT2D eigenvalue weighted by Gasteiger charge is 2.28. The molecular formula is C23H26N6O3. The Morgan fingerprint density at radius 2 is 2.00 bits per heavy atom. The fourth-order valence-corrected chi connectivity index (χ4v) is 4.05. The summed E-state index contributed by atoms with van der Waals surface area (Å²) in [6.45, 7) is 5.73. The van der Waals surface area contributed by atoms with Crippen molar-refractivity contribution < 1.29 is 13.9 Å². The van der Waals surface area contributed by atoms with Crippen molar-refractivity contribution in [2.24, 2.45) is 0 Å². The van der Waals surface area contributed by atoms with Crippen molar-refractivity contribution in [3.8, 4) is 11.3 Å².